The number of aromatic nitrogens is 2. The van der Waals surface area contributed by atoms with Crippen LogP contribution >= 0.6 is 0 Å². The van der Waals surface area contributed by atoms with Gasteiger partial charge in [0.05, 0.1) is 11.2 Å². The molecule has 167 valence electrons. The van der Waals surface area contributed by atoms with Crippen molar-refractivity contribution in [1.29, 1.82) is 0 Å². The van der Waals surface area contributed by atoms with Crippen LogP contribution < -0.4 is 10.4 Å². The van der Waals surface area contributed by atoms with E-state index < -0.39 is 16.8 Å². The van der Waals surface area contributed by atoms with E-state index in [1.54, 1.807) is 38.6 Å². The zero-order valence-corrected chi connectivity index (χ0v) is 19.6. The van der Waals surface area contributed by atoms with Crippen molar-refractivity contribution < 1.29 is 19.3 Å². The molecule has 1 aromatic heterocycles. The molecule has 2 heterocycles. The number of amides is 1. The lowest BCUT2D eigenvalue weighted by Crippen LogP contribution is -2.49. The standard InChI is InChI=1S/C21H36BN4O4/c1-19(2,3)29-18(27)26-11-9-16(10-12-26)25(8)17-23-13-15(14-24-17)22-30-21(6,7)20(4,5)28/h13-14,16,28H,9-12H2,1-8H3. The number of ether oxygens (including phenoxy) is 1. The minimum atomic E-state index is -0.987. The zero-order valence-electron chi connectivity index (χ0n) is 19.6. The highest BCUT2D eigenvalue weighted by Gasteiger charge is 2.36. The third-order valence-corrected chi connectivity index (χ3v) is 5.60. The highest BCUT2D eigenvalue weighted by Crippen LogP contribution is 2.24. The van der Waals surface area contributed by atoms with Gasteiger partial charge in [-0.25, -0.2) is 14.8 Å². The molecule has 1 aliphatic rings. The van der Waals surface area contributed by atoms with Crippen molar-refractivity contribution in [3.8, 4) is 0 Å². The molecule has 1 aromatic rings. The van der Waals surface area contributed by atoms with Gasteiger partial charge in [-0.05, 0) is 66.8 Å². The quantitative estimate of drug-likeness (QED) is 0.707. The van der Waals surface area contributed by atoms with Gasteiger partial charge >= 0.3 is 13.6 Å². The average molecular weight is 419 g/mol. The van der Waals surface area contributed by atoms with Crippen LogP contribution in [-0.2, 0) is 9.39 Å². The Morgan fingerprint density at radius 3 is 2.13 bits per heavy atom. The highest BCUT2D eigenvalue weighted by atomic mass is 16.6. The second-order valence-corrected chi connectivity index (χ2v) is 9.93. The first-order valence-electron chi connectivity index (χ1n) is 10.5. The molecule has 0 unspecified atom stereocenters. The first-order chi connectivity index (χ1) is 13.7. The van der Waals surface area contributed by atoms with Gasteiger partial charge in [0.2, 0.25) is 5.95 Å². The molecule has 1 amide bonds. The normalized spacial score (nSPS) is 16.4. The first-order valence-corrected chi connectivity index (χ1v) is 10.5. The Bertz CT molecular complexity index is 705. The number of hydrogen-bond donors (Lipinski definition) is 1. The maximum atomic E-state index is 12.2. The topological polar surface area (TPSA) is 88.0 Å². The summed E-state index contributed by atoms with van der Waals surface area (Å²) in [6.07, 6.45) is 4.81. The molecular formula is C21H36BN4O4. The van der Waals surface area contributed by atoms with E-state index >= 15 is 0 Å². The largest absolute Gasteiger partial charge is 0.444 e. The van der Waals surface area contributed by atoms with Gasteiger partial charge in [-0.3, -0.25) is 0 Å². The van der Waals surface area contributed by atoms with E-state index in [1.165, 1.54) is 0 Å². The molecule has 0 saturated carbocycles. The molecule has 0 aliphatic carbocycles. The van der Waals surface area contributed by atoms with Crippen LogP contribution in [-0.4, -0.2) is 76.5 Å². The van der Waals surface area contributed by atoms with Gasteiger partial charge in [0.15, 0.2) is 0 Å². The van der Waals surface area contributed by atoms with E-state index in [1.807, 2.05) is 41.7 Å². The second kappa shape index (κ2) is 9.10. The molecule has 0 spiro atoms. The average Bonchev–Trinajstić information content (AvgIpc) is 2.64. The Morgan fingerprint density at radius 1 is 1.13 bits per heavy atom. The molecule has 1 N–H and O–H groups in total. The van der Waals surface area contributed by atoms with Gasteiger partial charge in [-0.2, -0.15) is 0 Å². The Morgan fingerprint density at radius 2 is 1.67 bits per heavy atom. The molecule has 30 heavy (non-hydrogen) atoms. The lowest BCUT2D eigenvalue weighted by atomic mass is 9.84. The number of carbonyl (C=O) groups is 1. The van der Waals surface area contributed by atoms with Crippen LogP contribution in [0.4, 0.5) is 10.7 Å². The fraction of sp³-hybridized carbons (Fsp3) is 0.762. The molecule has 1 aliphatic heterocycles. The van der Waals surface area contributed by atoms with Crippen molar-refractivity contribution in [2.45, 2.75) is 84.2 Å². The van der Waals surface area contributed by atoms with Gasteiger partial charge in [0, 0.05) is 38.6 Å². The van der Waals surface area contributed by atoms with Crippen molar-refractivity contribution >= 4 is 25.0 Å². The molecule has 2 rings (SSSR count). The van der Waals surface area contributed by atoms with Crippen molar-refractivity contribution in [2.24, 2.45) is 0 Å². The Labute approximate surface area is 181 Å². The van der Waals surface area contributed by atoms with Crippen molar-refractivity contribution in [2.75, 3.05) is 25.0 Å². The van der Waals surface area contributed by atoms with Gasteiger partial charge in [0.25, 0.3) is 0 Å². The summed E-state index contributed by atoms with van der Waals surface area (Å²) < 4.78 is 11.2. The maximum Gasteiger partial charge on any atom is 0.410 e. The van der Waals surface area contributed by atoms with E-state index in [9.17, 15) is 9.90 Å². The van der Waals surface area contributed by atoms with E-state index in [-0.39, 0.29) is 12.1 Å². The summed E-state index contributed by atoms with van der Waals surface area (Å²) in [5, 5.41) is 10.2. The summed E-state index contributed by atoms with van der Waals surface area (Å²) in [4.78, 5) is 24.9. The lowest BCUT2D eigenvalue weighted by Gasteiger charge is -2.37. The third-order valence-electron chi connectivity index (χ3n) is 5.60. The number of hydrogen-bond acceptors (Lipinski definition) is 7. The Kier molecular flexibility index (Phi) is 7.40. The number of nitrogens with zero attached hydrogens (tertiary/aromatic N) is 4. The molecule has 1 saturated heterocycles. The molecule has 1 fully saturated rings. The fourth-order valence-corrected chi connectivity index (χ4v) is 2.86. The predicted octanol–water partition coefficient (Wildman–Crippen LogP) is 2.12. The lowest BCUT2D eigenvalue weighted by molar-refractivity contribution is -0.0893. The number of anilines is 1. The molecular weight excluding hydrogens is 383 g/mol. The summed E-state index contributed by atoms with van der Waals surface area (Å²) in [7, 11) is 3.54. The van der Waals surface area contributed by atoms with Gasteiger partial charge in [0.1, 0.15) is 5.60 Å². The maximum absolute atomic E-state index is 12.2. The summed E-state index contributed by atoms with van der Waals surface area (Å²) >= 11 is 0. The first kappa shape index (κ1) is 24.4. The van der Waals surface area contributed by atoms with Crippen molar-refractivity contribution in [1.82, 2.24) is 14.9 Å². The summed E-state index contributed by atoms with van der Waals surface area (Å²) in [5.41, 5.74) is -1.49. The summed E-state index contributed by atoms with van der Waals surface area (Å²) in [6, 6.07) is 0.254. The van der Waals surface area contributed by atoms with Gasteiger partial charge in [-0.15, -0.1) is 0 Å². The fourth-order valence-electron chi connectivity index (χ4n) is 2.86. The highest BCUT2D eigenvalue weighted by molar-refractivity contribution is 6.46. The molecule has 8 nitrogen and oxygen atoms in total. The van der Waals surface area contributed by atoms with E-state index in [0.717, 1.165) is 18.3 Å². The predicted molar refractivity (Wildman–Crippen MR) is 118 cm³/mol. The van der Waals surface area contributed by atoms with E-state index in [4.69, 9.17) is 9.39 Å². The van der Waals surface area contributed by atoms with Crippen LogP contribution in [0.1, 0.15) is 61.3 Å². The Hall–Kier alpha value is -1.87. The van der Waals surface area contributed by atoms with Gasteiger partial charge < -0.3 is 24.3 Å². The summed E-state index contributed by atoms with van der Waals surface area (Å²) in [6.45, 7) is 14.0. The molecule has 0 bridgehead atoms. The number of piperidine rings is 1. The second-order valence-electron chi connectivity index (χ2n) is 9.93. The minimum absolute atomic E-state index is 0.254. The van der Waals surface area contributed by atoms with Crippen molar-refractivity contribution in [3.05, 3.63) is 12.4 Å². The van der Waals surface area contributed by atoms with Crippen LogP contribution in [0.15, 0.2) is 12.4 Å². The third kappa shape index (κ3) is 6.57. The number of aliphatic hydroxyl groups is 1. The Balaban J connectivity index is 1.88. The number of likely N-dealkylation sites (tertiary alicyclic amines) is 1. The molecule has 1 radical (unpaired) electrons. The number of carbonyl (C=O) groups excluding carboxylic acids is 1. The minimum Gasteiger partial charge on any atom is -0.444 e. The van der Waals surface area contributed by atoms with Crippen LogP contribution in [0.2, 0.25) is 0 Å². The van der Waals surface area contributed by atoms with Crippen LogP contribution in [0, 0.1) is 0 Å². The van der Waals surface area contributed by atoms with Crippen LogP contribution in [0.5, 0.6) is 0 Å². The summed E-state index contributed by atoms with van der Waals surface area (Å²) in [5.74, 6) is 0.629. The zero-order chi connectivity index (χ0) is 22.7. The van der Waals surface area contributed by atoms with Gasteiger partial charge in [-0.1, -0.05) is 0 Å². The van der Waals surface area contributed by atoms with Crippen molar-refractivity contribution in [3.63, 3.8) is 0 Å². The molecule has 9 heteroatoms. The smallest absolute Gasteiger partial charge is 0.410 e. The molecule has 0 atom stereocenters. The monoisotopic (exact) mass is 419 g/mol. The molecule has 0 aromatic carbocycles. The number of rotatable bonds is 6. The SMILES string of the molecule is CN(c1ncc([B]OC(C)(C)C(C)(C)O)cn1)C1CCN(C(=O)OC(C)(C)C)CC1. The van der Waals surface area contributed by atoms with Crippen LogP contribution in [0.25, 0.3) is 0 Å². The van der Waals surface area contributed by atoms with Crippen LogP contribution in [0.3, 0.4) is 0 Å². The van der Waals surface area contributed by atoms with E-state index in [0.29, 0.717) is 19.0 Å². The van der Waals surface area contributed by atoms with E-state index in [2.05, 4.69) is 14.9 Å².